The van der Waals surface area contributed by atoms with E-state index >= 15 is 0 Å². The van der Waals surface area contributed by atoms with E-state index in [2.05, 4.69) is 92.3 Å². The molecular weight excluding hydrogens is 334 g/mol. The molecule has 1 aliphatic rings. The van der Waals surface area contributed by atoms with Gasteiger partial charge in [-0.1, -0.05) is 36.4 Å². The Balaban J connectivity index is 1.48. The molecule has 1 fully saturated rings. The summed E-state index contributed by atoms with van der Waals surface area (Å²) >= 11 is 0. The topological polar surface area (TPSA) is 35.5 Å². The molecule has 0 saturated carbocycles. The number of anilines is 4. The molecule has 0 aliphatic carbocycles. The first-order chi connectivity index (χ1) is 13.3. The fraction of sp³-hybridized carbons (Fsp3) is 0.273. The molecule has 1 aromatic heterocycles. The summed E-state index contributed by atoms with van der Waals surface area (Å²) in [5, 5.41) is 0. The Morgan fingerprint density at radius 3 is 2.11 bits per heavy atom. The van der Waals surface area contributed by atoms with E-state index in [-0.39, 0.29) is 0 Å². The quantitative estimate of drug-likeness (QED) is 0.689. The van der Waals surface area contributed by atoms with E-state index < -0.39 is 0 Å². The number of nitrogens with zero attached hydrogens (tertiary/aromatic N) is 5. The van der Waals surface area contributed by atoms with Crippen molar-refractivity contribution in [1.82, 2.24) is 9.97 Å². The zero-order chi connectivity index (χ0) is 18.5. The minimum absolute atomic E-state index is 0.863. The van der Waals surface area contributed by atoms with Gasteiger partial charge in [-0.05, 0) is 31.2 Å². The summed E-state index contributed by atoms with van der Waals surface area (Å²) in [4.78, 5) is 16.1. The Bertz CT molecular complexity index is 845. The molecule has 2 heterocycles. The molecule has 2 aromatic carbocycles. The Kier molecular flexibility index (Phi) is 5.19. The Labute approximate surface area is 160 Å². The van der Waals surface area contributed by atoms with E-state index in [1.54, 1.807) is 6.33 Å². The summed E-state index contributed by atoms with van der Waals surface area (Å²) in [7, 11) is 0. The van der Waals surface area contributed by atoms with Crippen LogP contribution in [-0.2, 0) is 0 Å². The van der Waals surface area contributed by atoms with E-state index in [0.717, 1.165) is 50.0 Å². The van der Waals surface area contributed by atoms with E-state index in [4.69, 9.17) is 0 Å². The van der Waals surface area contributed by atoms with Crippen molar-refractivity contribution in [3.8, 4) is 0 Å². The number of para-hydroxylation sites is 2. The van der Waals surface area contributed by atoms with Crippen molar-refractivity contribution in [3.63, 3.8) is 0 Å². The second kappa shape index (κ2) is 8.08. The number of rotatable bonds is 5. The summed E-state index contributed by atoms with van der Waals surface area (Å²) < 4.78 is 0. The van der Waals surface area contributed by atoms with Gasteiger partial charge in [0.15, 0.2) is 0 Å². The number of aromatic nitrogens is 2. The number of benzene rings is 2. The van der Waals surface area contributed by atoms with Gasteiger partial charge in [-0.15, -0.1) is 0 Å². The molecule has 0 amide bonds. The molecule has 0 spiro atoms. The Hall–Kier alpha value is -3.08. The van der Waals surface area contributed by atoms with Crippen LogP contribution in [0.4, 0.5) is 23.0 Å². The lowest BCUT2D eigenvalue weighted by Gasteiger charge is -2.37. The van der Waals surface area contributed by atoms with Gasteiger partial charge >= 0.3 is 0 Å². The lowest BCUT2D eigenvalue weighted by molar-refractivity contribution is 0.646. The second-order valence-corrected chi connectivity index (χ2v) is 6.62. The Morgan fingerprint density at radius 2 is 1.44 bits per heavy atom. The van der Waals surface area contributed by atoms with Crippen LogP contribution in [0.25, 0.3) is 0 Å². The smallest absolute Gasteiger partial charge is 0.138 e. The van der Waals surface area contributed by atoms with Crippen molar-refractivity contribution < 1.29 is 0 Å². The largest absolute Gasteiger partial charge is 0.368 e. The molecule has 5 nitrogen and oxygen atoms in total. The molecule has 0 unspecified atom stereocenters. The van der Waals surface area contributed by atoms with Crippen molar-refractivity contribution in [2.75, 3.05) is 47.4 Å². The van der Waals surface area contributed by atoms with Gasteiger partial charge in [-0.25, -0.2) is 9.97 Å². The highest BCUT2D eigenvalue weighted by Gasteiger charge is 2.19. The van der Waals surface area contributed by atoms with Crippen molar-refractivity contribution >= 4 is 23.0 Å². The van der Waals surface area contributed by atoms with Crippen molar-refractivity contribution in [2.24, 2.45) is 0 Å². The maximum atomic E-state index is 4.54. The van der Waals surface area contributed by atoms with E-state index in [1.165, 1.54) is 5.69 Å². The standard InChI is InChI=1S/C22H25N5/c1-2-27(20-11-7-4-8-12-20)22-17-21(23-18-24-22)26-15-13-25(14-16-26)19-9-5-3-6-10-19/h3-12,17-18H,2,13-16H2,1H3. The molecular formula is C22H25N5. The molecule has 0 atom stereocenters. The molecule has 0 radical (unpaired) electrons. The molecule has 4 rings (SSSR count). The zero-order valence-corrected chi connectivity index (χ0v) is 15.7. The van der Waals surface area contributed by atoms with Crippen molar-refractivity contribution in [1.29, 1.82) is 0 Å². The van der Waals surface area contributed by atoms with Crippen molar-refractivity contribution in [3.05, 3.63) is 73.1 Å². The van der Waals surface area contributed by atoms with Gasteiger partial charge in [0.2, 0.25) is 0 Å². The van der Waals surface area contributed by atoms with Crippen LogP contribution in [0.3, 0.4) is 0 Å². The molecule has 0 N–H and O–H groups in total. The maximum absolute atomic E-state index is 4.54. The van der Waals surface area contributed by atoms with Crippen LogP contribution >= 0.6 is 0 Å². The second-order valence-electron chi connectivity index (χ2n) is 6.62. The van der Waals surface area contributed by atoms with E-state index in [9.17, 15) is 0 Å². The number of hydrogen-bond acceptors (Lipinski definition) is 5. The highest BCUT2D eigenvalue weighted by atomic mass is 15.3. The highest BCUT2D eigenvalue weighted by molar-refractivity contribution is 5.62. The summed E-state index contributed by atoms with van der Waals surface area (Å²) in [6, 6.07) is 23.1. The molecule has 1 aliphatic heterocycles. The maximum Gasteiger partial charge on any atom is 0.138 e. The van der Waals surface area contributed by atoms with E-state index in [0.29, 0.717) is 0 Å². The van der Waals surface area contributed by atoms with Gasteiger partial charge in [0.25, 0.3) is 0 Å². The first kappa shape index (κ1) is 17.3. The molecule has 5 heteroatoms. The fourth-order valence-electron chi connectivity index (χ4n) is 3.58. The predicted octanol–water partition coefficient (Wildman–Crippen LogP) is 3.96. The lowest BCUT2D eigenvalue weighted by atomic mass is 10.2. The Morgan fingerprint density at radius 1 is 0.815 bits per heavy atom. The lowest BCUT2D eigenvalue weighted by Crippen LogP contribution is -2.46. The third-order valence-corrected chi connectivity index (χ3v) is 5.02. The van der Waals surface area contributed by atoms with Crippen LogP contribution in [-0.4, -0.2) is 42.7 Å². The van der Waals surface area contributed by atoms with Gasteiger partial charge in [0.05, 0.1) is 0 Å². The molecule has 27 heavy (non-hydrogen) atoms. The molecule has 3 aromatic rings. The number of piperazine rings is 1. The van der Waals surface area contributed by atoms with Gasteiger partial charge in [0, 0.05) is 50.2 Å². The minimum atomic E-state index is 0.863. The predicted molar refractivity (Wildman–Crippen MR) is 112 cm³/mol. The average molecular weight is 359 g/mol. The summed E-state index contributed by atoms with van der Waals surface area (Å²) in [6.45, 7) is 6.93. The van der Waals surface area contributed by atoms with Crippen LogP contribution < -0.4 is 14.7 Å². The zero-order valence-electron chi connectivity index (χ0n) is 15.7. The SMILES string of the molecule is CCN(c1ccccc1)c1cc(N2CCN(c3ccccc3)CC2)ncn1. The van der Waals surface area contributed by atoms with Gasteiger partial charge < -0.3 is 14.7 Å². The van der Waals surface area contributed by atoms with E-state index in [1.807, 2.05) is 6.07 Å². The summed E-state index contributed by atoms with van der Waals surface area (Å²) in [6.07, 6.45) is 1.68. The van der Waals surface area contributed by atoms with Crippen LogP contribution in [0.1, 0.15) is 6.92 Å². The molecule has 0 bridgehead atoms. The number of hydrogen-bond donors (Lipinski definition) is 0. The van der Waals surface area contributed by atoms with Crippen molar-refractivity contribution in [2.45, 2.75) is 6.92 Å². The highest BCUT2D eigenvalue weighted by Crippen LogP contribution is 2.26. The first-order valence-electron chi connectivity index (χ1n) is 9.55. The van der Waals surface area contributed by atoms with Crippen LogP contribution in [0.15, 0.2) is 73.1 Å². The fourth-order valence-corrected chi connectivity index (χ4v) is 3.58. The van der Waals surface area contributed by atoms with Crippen LogP contribution in [0.5, 0.6) is 0 Å². The average Bonchev–Trinajstić information content (AvgIpc) is 2.76. The molecule has 138 valence electrons. The molecule has 1 saturated heterocycles. The van der Waals surface area contributed by atoms with Gasteiger partial charge in [-0.2, -0.15) is 0 Å². The summed E-state index contributed by atoms with van der Waals surface area (Å²) in [5.74, 6) is 1.95. The normalized spacial score (nSPS) is 14.3. The summed E-state index contributed by atoms with van der Waals surface area (Å²) in [5.41, 5.74) is 2.44. The third kappa shape index (κ3) is 3.87. The minimum Gasteiger partial charge on any atom is -0.368 e. The van der Waals surface area contributed by atoms with Gasteiger partial charge in [0.1, 0.15) is 18.0 Å². The first-order valence-corrected chi connectivity index (χ1v) is 9.55. The van der Waals surface area contributed by atoms with Crippen LogP contribution in [0, 0.1) is 0 Å². The van der Waals surface area contributed by atoms with Crippen LogP contribution in [0.2, 0.25) is 0 Å². The van der Waals surface area contributed by atoms with Gasteiger partial charge in [-0.3, -0.25) is 0 Å². The third-order valence-electron chi connectivity index (χ3n) is 5.02. The monoisotopic (exact) mass is 359 g/mol.